The average molecular weight is 483 g/mol. The number of halogens is 1. The topological polar surface area (TPSA) is 45.9 Å². The van der Waals surface area contributed by atoms with Gasteiger partial charge in [-0.15, -0.1) is 0 Å². The third kappa shape index (κ3) is 4.07. The molecule has 0 spiro atoms. The number of aromatic nitrogens is 1. The van der Waals surface area contributed by atoms with Gasteiger partial charge in [-0.25, -0.2) is 4.98 Å². The van der Waals surface area contributed by atoms with Crippen LogP contribution in [0.25, 0.3) is 0 Å². The van der Waals surface area contributed by atoms with Crippen molar-refractivity contribution in [2.45, 2.75) is 97.8 Å². The summed E-state index contributed by atoms with van der Waals surface area (Å²) in [6.45, 7) is 8.49. The van der Waals surface area contributed by atoms with Gasteiger partial charge in [-0.1, -0.05) is 51.6 Å². The van der Waals surface area contributed by atoms with E-state index in [0.717, 1.165) is 41.9 Å². The molecule has 4 aliphatic rings. The van der Waals surface area contributed by atoms with E-state index >= 15 is 0 Å². The van der Waals surface area contributed by atoms with E-state index < -0.39 is 0 Å². The zero-order valence-electron chi connectivity index (χ0n) is 21.5. The quantitative estimate of drug-likeness (QED) is 0.382. The van der Waals surface area contributed by atoms with Gasteiger partial charge in [-0.2, -0.15) is 5.26 Å². The molecule has 1 heterocycles. The summed E-state index contributed by atoms with van der Waals surface area (Å²) in [5.74, 6) is 6.11. The molecule has 8 atom stereocenters. The molecule has 1 aromatic rings. The van der Waals surface area contributed by atoms with Gasteiger partial charge < -0.3 is 4.74 Å². The predicted octanol–water partition coefficient (Wildman–Crippen LogP) is 8.45. The first-order valence-electron chi connectivity index (χ1n) is 14.1. The van der Waals surface area contributed by atoms with E-state index in [-0.39, 0.29) is 0 Å². The molecule has 0 saturated heterocycles. The first kappa shape index (κ1) is 24.4. The minimum Gasteiger partial charge on any atom is -0.477 e. The Bertz CT molecular complexity index is 927. The summed E-state index contributed by atoms with van der Waals surface area (Å²) in [7, 11) is 0. The number of hydrogen-bond acceptors (Lipinski definition) is 3. The van der Waals surface area contributed by atoms with Crippen molar-refractivity contribution in [1.29, 1.82) is 5.26 Å². The zero-order valence-corrected chi connectivity index (χ0v) is 22.2. The van der Waals surface area contributed by atoms with E-state index in [4.69, 9.17) is 21.6 Å². The summed E-state index contributed by atoms with van der Waals surface area (Å²) in [6, 6.07) is 3.71. The maximum absolute atomic E-state index is 8.99. The Morgan fingerprint density at radius 3 is 2.68 bits per heavy atom. The van der Waals surface area contributed by atoms with E-state index in [1.165, 1.54) is 76.8 Å². The van der Waals surface area contributed by atoms with Gasteiger partial charge in [0.2, 0.25) is 5.88 Å². The van der Waals surface area contributed by atoms with Crippen molar-refractivity contribution in [1.82, 2.24) is 4.98 Å². The van der Waals surface area contributed by atoms with Gasteiger partial charge in [0.25, 0.3) is 0 Å². The molecule has 3 nitrogen and oxygen atoms in total. The SMILES string of the molecule is CC[C@H]1CC2C3CCC(CCCOc4ncc(C#N)cc4Cl)C3(C)CC[C@@H]2C2(C)CCCCC12. The Kier molecular flexibility index (Phi) is 6.93. The minimum absolute atomic E-state index is 0.433. The molecule has 0 N–H and O–H groups in total. The van der Waals surface area contributed by atoms with Gasteiger partial charge in [0.05, 0.1) is 12.2 Å². The lowest BCUT2D eigenvalue weighted by molar-refractivity contribution is -0.135. The van der Waals surface area contributed by atoms with E-state index in [1.54, 1.807) is 6.07 Å². The minimum atomic E-state index is 0.433. The third-order valence-electron chi connectivity index (χ3n) is 11.3. The van der Waals surface area contributed by atoms with Crippen molar-refractivity contribution in [2.24, 2.45) is 46.3 Å². The van der Waals surface area contributed by atoms with E-state index in [0.29, 0.717) is 33.9 Å². The van der Waals surface area contributed by atoms with Gasteiger partial charge in [0.1, 0.15) is 11.1 Å². The summed E-state index contributed by atoms with van der Waals surface area (Å²) < 4.78 is 5.90. The maximum Gasteiger partial charge on any atom is 0.232 e. The second-order valence-electron chi connectivity index (χ2n) is 12.6. The molecule has 1 aromatic heterocycles. The van der Waals surface area contributed by atoms with Crippen LogP contribution in [0, 0.1) is 57.7 Å². The lowest BCUT2D eigenvalue weighted by Crippen LogP contribution is -2.55. The number of nitriles is 1. The van der Waals surface area contributed by atoms with Crippen molar-refractivity contribution in [3.63, 3.8) is 0 Å². The van der Waals surface area contributed by atoms with Crippen molar-refractivity contribution >= 4 is 11.6 Å². The fourth-order valence-corrected chi connectivity index (χ4v) is 9.92. The highest BCUT2D eigenvalue weighted by Gasteiger charge is 2.60. The number of pyridine rings is 1. The molecule has 4 fully saturated rings. The first-order chi connectivity index (χ1) is 16.4. The van der Waals surface area contributed by atoms with Crippen LogP contribution in [0.4, 0.5) is 0 Å². The predicted molar refractivity (Wildman–Crippen MR) is 138 cm³/mol. The molecule has 4 saturated carbocycles. The number of ether oxygens (including phenoxy) is 1. The van der Waals surface area contributed by atoms with Gasteiger partial charge in [0, 0.05) is 6.20 Å². The largest absolute Gasteiger partial charge is 0.477 e. The van der Waals surface area contributed by atoms with Crippen molar-refractivity contribution < 1.29 is 4.74 Å². The fourth-order valence-electron chi connectivity index (χ4n) is 9.69. The monoisotopic (exact) mass is 482 g/mol. The molecular formula is C30H43ClN2O. The van der Waals surface area contributed by atoms with Gasteiger partial charge in [-0.3, -0.25) is 0 Å². The molecule has 4 aliphatic carbocycles. The highest BCUT2D eigenvalue weighted by molar-refractivity contribution is 6.31. The smallest absolute Gasteiger partial charge is 0.232 e. The summed E-state index contributed by atoms with van der Waals surface area (Å²) in [6.07, 6.45) is 18.4. The fraction of sp³-hybridized carbons (Fsp3) is 0.800. The lowest BCUT2D eigenvalue weighted by atomic mass is 9.42. The summed E-state index contributed by atoms with van der Waals surface area (Å²) in [5, 5.41) is 9.42. The van der Waals surface area contributed by atoms with Crippen LogP contribution in [0.2, 0.25) is 5.02 Å². The van der Waals surface area contributed by atoms with E-state index in [1.807, 2.05) is 0 Å². The molecule has 6 unspecified atom stereocenters. The standard InChI is InChI=1S/C30H43ClN2O/c1-4-21-17-23-25-11-10-22(8-7-15-34-28-27(31)16-20(18-32)19-33-28)29(25,2)14-12-26(23)30(3)13-6-5-9-24(21)30/h16,19,21-26H,4-15,17H2,1-3H3/t21-,22?,23?,24?,25?,26-,29?,30?/m0/s1. The first-order valence-corrected chi connectivity index (χ1v) is 14.5. The summed E-state index contributed by atoms with van der Waals surface area (Å²) in [5.41, 5.74) is 1.60. The molecule has 34 heavy (non-hydrogen) atoms. The average Bonchev–Trinajstić information content (AvgIpc) is 3.18. The Labute approximate surface area is 212 Å². The zero-order chi connectivity index (χ0) is 23.9. The summed E-state index contributed by atoms with van der Waals surface area (Å²) >= 11 is 6.24. The summed E-state index contributed by atoms with van der Waals surface area (Å²) in [4.78, 5) is 4.22. The second-order valence-corrected chi connectivity index (χ2v) is 13.0. The molecule has 0 aromatic carbocycles. The third-order valence-corrected chi connectivity index (χ3v) is 11.6. The maximum atomic E-state index is 8.99. The molecular weight excluding hydrogens is 440 g/mol. The highest BCUT2D eigenvalue weighted by atomic mass is 35.5. The number of fused-ring (bicyclic) bond motifs is 5. The van der Waals surface area contributed by atoms with Crippen molar-refractivity contribution in [3.8, 4) is 11.9 Å². The Morgan fingerprint density at radius 2 is 1.91 bits per heavy atom. The van der Waals surface area contributed by atoms with Gasteiger partial charge in [0.15, 0.2) is 0 Å². The molecule has 4 heteroatoms. The molecule has 0 aliphatic heterocycles. The number of rotatable bonds is 6. The Hall–Kier alpha value is -1.27. The van der Waals surface area contributed by atoms with E-state index in [9.17, 15) is 0 Å². The van der Waals surface area contributed by atoms with E-state index in [2.05, 4.69) is 31.8 Å². The van der Waals surface area contributed by atoms with Crippen LogP contribution in [0.15, 0.2) is 12.3 Å². The van der Waals surface area contributed by atoms with Crippen LogP contribution in [-0.4, -0.2) is 11.6 Å². The lowest BCUT2D eigenvalue weighted by Gasteiger charge is -2.62. The normalized spacial score (nSPS) is 41.1. The van der Waals surface area contributed by atoms with Crippen LogP contribution < -0.4 is 4.74 Å². The number of nitrogens with zero attached hydrogens (tertiary/aromatic N) is 2. The van der Waals surface area contributed by atoms with Crippen LogP contribution >= 0.6 is 11.6 Å². The van der Waals surface area contributed by atoms with Crippen molar-refractivity contribution in [3.05, 3.63) is 22.8 Å². The van der Waals surface area contributed by atoms with Crippen LogP contribution in [0.3, 0.4) is 0 Å². The van der Waals surface area contributed by atoms with Crippen LogP contribution in [0.1, 0.15) is 103 Å². The van der Waals surface area contributed by atoms with Crippen LogP contribution in [-0.2, 0) is 0 Å². The molecule has 5 rings (SSSR count). The molecule has 0 radical (unpaired) electrons. The second kappa shape index (κ2) is 9.65. The van der Waals surface area contributed by atoms with Crippen molar-refractivity contribution in [2.75, 3.05) is 6.61 Å². The molecule has 186 valence electrons. The van der Waals surface area contributed by atoms with Gasteiger partial charge >= 0.3 is 0 Å². The Morgan fingerprint density at radius 1 is 1.09 bits per heavy atom. The van der Waals surface area contributed by atoms with Crippen LogP contribution in [0.5, 0.6) is 5.88 Å². The molecule has 0 bridgehead atoms. The highest BCUT2D eigenvalue weighted by Crippen LogP contribution is 2.69. The molecule has 0 amide bonds. The number of hydrogen-bond donors (Lipinski definition) is 0. The Balaban J connectivity index is 1.22. The van der Waals surface area contributed by atoms with Gasteiger partial charge in [-0.05, 0) is 110 Å².